The molecular weight excluding hydrogens is 288 g/mol. The number of hydrogen-bond acceptors (Lipinski definition) is 3. The molecule has 0 aliphatic carbocycles. The molecule has 0 saturated carbocycles. The fourth-order valence-corrected chi connectivity index (χ4v) is 3.14. The van der Waals surface area contributed by atoms with E-state index in [0.29, 0.717) is 6.61 Å². The van der Waals surface area contributed by atoms with Gasteiger partial charge < -0.3 is 14.5 Å². The van der Waals surface area contributed by atoms with E-state index in [2.05, 4.69) is 25.7 Å². The predicted molar refractivity (Wildman–Crippen MR) is 93.3 cm³/mol. The molecule has 1 aromatic rings. The molecule has 0 spiro atoms. The Bertz CT molecular complexity index is 490. The lowest BCUT2D eigenvalue weighted by molar-refractivity contribution is 0.0524. The average molecular weight is 318 g/mol. The number of rotatable bonds is 5. The Hall–Kier alpha value is -1.55. The van der Waals surface area contributed by atoms with Crippen molar-refractivity contribution in [2.75, 3.05) is 26.7 Å². The maximum atomic E-state index is 12.5. The van der Waals surface area contributed by atoms with Crippen molar-refractivity contribution in [2.45, 2.75) is 46.3 Å². The summed E-state index contributed by atoms with van der Waals surface area (Å²) in [5.41, 5.74) is 1.03. The summed E-state index contributed by atoms with van der Waals surface area (Å²) in [6, 6.07) is 9.96. The third-order valence-electron chi connectivity index (χ3n) is 4.59. The summed E-state index contributed by atoms with van der Waals surface area (Å²) < 4.78 is 5.50. The van der Waals surface area contributed by atoms with E-state index >= 15 is 0 Å². The number of likely N-dealkylation sites (tertiary alicyclic amines) is 1. The van der Waals surface area contributed by atoms with E-state index in [4.69, 9.17) is 4.74 Å². The highest BCUT2D eigenvalue weighted by Crippen LogP contribution is 2.26. The maximum absolute atomic E-state index is 12.5. The molecule has 0 radical (unpaired) electrons. The molecule has 4 heteroatoms. The van der Waals surface area contributed by atoms with Crippen molar-refractivity contribution in [2.24, 2.45) is 5.41 Å². The summed E-state index contributed by atoms with van der Waals surface area (Å²) in [4.78, 5) is 16.7. The van der Waals surface area contributed by atoms with Crippen molar-refractivity contribution in [1.29, 1.82) is 0 Å². The lowest BCUT2D eigenvalue weighted by Gasteiger charge is -2.39. The van der Waals surface area contributed by atoms with Crippen LogP contribution in [-0.2, 0) is 11.3 Å². The quantitative estimate of drug-likeness (QED) is 0.828. The van der Waals surface area contributed by atoms with Gasteiger partial charge in [-0.2, -0.15) is 0 Å². The number of carbonyl (C=O) groups is 1. The molecule has 4 nitrogen and oxygen atoms in total. The van der Waals surface area contributed by atoms with E-state index in [1.54, 1.807) is 4.90 Å². The third-order valence-corrected chi connectivity index (χ3v) is 4.59. The molecule has 1 aliphatic heterocycles. The number of nitrogens with zero attached hydrogens (tertiary/aromatic N) is 2. The predicted octanol–water partition coefficient (Wildman–Crippen LogP) is 3.77. The van der Waals surface area contributed by atoms with Gasteiger partial charge >= 0.3 is 6.09 Å². The van der Waals surface area contributed by atoms with E-state index in [1.807, 2.05) is 37.4 Å². The molecule has 0 N–H and O–H groups in total. The van der Waals surface area contributed by atoms with E-state index in [9.17, 15) is 4.79 Å². The zero-order valence-electron chi connectivity index (χ0n) is 14.9. The second-order valence-electron chi connectivity index (χ2n) is 7.54. The standard InChI is InChI=1S/C19H30N2O2/c1-19(2,3)17(14-21-12-8-9-13-21)20(4)18(22)23-15-16-10-6-5-7-11-16/h5-7,10-11,17H,8-9,12-15H2,1-4H3. The Labute approximate surface area is 140 Å². The van der Waals surface area contributed by atoms with Crippen LogP contribution >= 0.6 is 0 Å². The first-order valence-corrected chi connectivity index (χ1v) is 8.54. The van der Waals surface area contributed by atoms with Gasteiger partial charge in [0.25, 0.3) is 0 Å². The van der Waals surface area contributed by atoms with Gasteiger partial charge in [-0.05, 0) is 36.9 Å². The normalized spacial score (nSPS) is 17.0. The Balaban J connectivity index is 1.95. The molecule has 128 valence electrons. The SMILES string of the molecule is CN(C(=O)OCc1ccccc1)C(CN1CCCC1)C(C)(C)C. The summed E-state index contributed by atoms with van der Waals surface area (Å²) in [6.45, 7) is 10.1. The third kappa shape index (κ3) is 5.24. The fraction of sp³-hybridized carbons (Fsp3) is 0.632. The van der Waals surface area contributed by atoms with Crippen LogP contribution in [0, 0.1) is 5.41 Å². The molecule has 1 atom stereocenters. The molecule has 2 rings (SSSR count). The van der Waals surface area contributed by atoms with E-state index in [0.717, 1.165) is 25.2 Å². The average Bonchev–Trinajstić information content (AvgIpc) is 3.02. The van der Waals surface area contributed by atoms with Gasteiger partial charge in [-0.1, -0.05) is 51.1 Å². The first-order chi connectivity index (χ1) is 10.9. The summed E-state index contributed by atoms with van der Waals surface area (Å²) in [5.74, 6) is 0. The van der Waals surface area contributed by atoms with Crippen LogP contribution in [0.3, 0.4) is 0 Å². The van der Waals surface area contributed by atoms with Crippen molar-refractivity contribution >= 4 is 6.09 Å². The van der Waals surface area contributed by atoms with E-state index in [-0.39, 0.29) is 17.6 Å². The molecule has 0 aromatic heterocycles. The Morgan fingerprint density at radius 3 is 2.39 bits per heavy atom. The number of amides is 1. The van der Waals surface area contributed by atoms with Crippen LogP contribution in [0.4, 0.5) is 4.79 Å². The topological polar surface area (TPSA) is 32.8 Å². The van der Waals surface area contributed by atoms with Crippen LogP contribution in [0.2, 0.25) is 0 Å². The van der Waals surface area contributed by atoms with Crippen LogP contribution in [0.15, 0.2) is 30.3 Å². The second kappa shape index (κ2) is 7.82. The number of ether oxygens (including phenoxy) is 1. The van der Waals surface area contributed by atoms with Gasteiger partial charge in [-0.3, -0.25) is 0 Å². The molecule has 1 amide bonds. The number of likely N-dealkylation sites (N-methyl/N-ethyl adjacent to an activating group) is 1. The van der Waals surface area contributed by atoms with Crippen LogP contribution < -0.4 is 0 Å². The molecule has 1 fully saturated rings. The van der Waals surface area contributed by atoms with Gasteiger partial charge in [0.15, 0.2) is 0 Å². The van der Waals surface area contributed by atoms with Gasteiger partial charge in [0, 0.05) is 13.6 Å². The summed E-state index contributed by atoms with van der Waals surface area (Å²) in [7, 11) is 1.86. The van der Waals surface area contributed by atoms with Crippen molar-refractivity contribution in [3.05, 3.63) is 35.9 Å². The van der Waals surface area contributed by atoms with Crippen molar-refractivity contribution in [3.63, 3.8) is 0 Å². The summed E-state index contributed by atoms with van der Waals surface area (Å²) in [6.07, 6.45) is 2.28. The van der Waals surface area contributed by atoms with Crippen molar-refractivity contribution in [1.82, 2.24) is 9.80 Å². The van der Waals surface area contributed by atoms with Crippen LogP contribution in [0.1, 0.15) is 39.2 Å². The van der Waals surface area contributed by atoms with Gasteiger partial charge in [-0.15, -0.1) is 0 Å². The van der Waals surface area contributed by atoms with E-state index < -0.39 is 0 Å². The van der Waals surface area contributed by atoms with Gasteiger partial charge in [0.2, 0.25) is 0 Å². The highest BCUT2D eigenvalue weighted by Gasteiger charge is 2.34. The number of hydrogen-bond donors (Lipinski definition) is 0. The van der Waals surface area contributed by atoms with Crippen molar-refractivity contribution in [3.8, 4) is 0 Å². The molecule has 0 bridgehead atoms. The van der Waals surface area contributed by atoms with Crippen LogP contribution in [0.25, 0.3) is 0 Å². The summed E-state index contributed by atoms with van der Waals surface area (Å²) in [5, 5.41) is 0. The summed E-state index contributed by atoms with van der Waals surface area (Å²) >= 11 is 0. The first-order valence-electron chi connectivity index (χ1n) is 8.54. The van der Waals surface area contributed by atoms with Gasteiger partial charge in [0.05, 0.1) is 6.04 Å². The molecule has 23 heavy (non-hydrogen) atoms. The first kappa shape index (κ1) is 17.8. The highest BCUT2D eigenvalue weighted by molar-refractivity contribution is 5.67. The molecule has 1 aromatic carbocycles. The van der Waals surface area contributed by atoms with E-state index in [1.165, 1.54) is 12.8 Å². The monoisotopic (exact) mass is 318 g/mol. The fourth-order valence-electron chi connectivity index (χ4n) is 3.14. The number of carbonyl (C=O) groups excluding carboxylic acids is 1. The minimum atomic E-state index is -0.243. The largest absolute Gasteiger partial charge is 0.445 e. The molecular formula is C19H30N2O2. The maximum Gasteiger partial charge on any atom is 0.410 e. The van der Waals surface area contributed by atoms with Crippen LogP contribution in [-0.4, -0.2) is 48.6 Å². The molecule has 1 heterocycles. The van der Waals surface area contributed by atoms with Gasteiger partial charge in [0.1, 0.15) is 6.61 Å². The lowest BCUT2D eigenvalue weighted by Crippen LogP contribution is -2.51. The Morgan fingerprint density at radius 2 is 1.83 bits per heavy atom. The minimum absolute atomic E-state index is 0.0170. The van der Waals surface area contributed by atoms with Crippen LogP contribution in [0.5, 0.6) is 0 Å². The molecule has 1 saturated heterocycles. The smallest absolute Gasteiger partial charge is 0.410 e. The molecule has 1 aliphatic rings. The Morgan fingerprint density at radius 1 is 1.22 bits per heavy atom. The zero-order valence-corrected chi connectivity index (χ0v) is 14.9. The molecule has 1 unspecified atom stereocenters. The second-order valence-corrected chi connectivity index (χ2v) is 7.54. The lowest BCUT2D eigenvalue weighted by atomic mass is 9.85. The minimum Gasteiger partial charge on any atom is -0.445 e. The number of benzene rings is 1. The zero-order chi connectivity index (χ0) is 16.9. The van der Waals surface area contributed by atoms with Gasteiger partial charge in [-0.25, -0.2) is 4.79 Å². The highest BCUT2D eigenvalue weighted by atomic mass is 16.6. The van der Waals surface area contributed by atoms with Crippen molar-refractivity contribution < 1.29 is 9.53 Å². The Kier molecular flexibility index (Phi) is 6.05.